The summed E-state index contributed by atoms with van der Waals surface area (Å²) in [6, 6.07) is 5.69. The number of methoxy groups -OCH3 is 2. The van der Waals surface area contributed by atoms with E-state index in [2.05, 4.69) is 20.4 Å². The van der Waals surface area contributed by atoms with Crippen molar-refractivity contribution in [3.8, 4) is 22.6 Å². The van der Waals surface area contributed by atoms with Crippen LogP contribution in [0.4, 0.5) is 5.95 Å². The van der Waals surface area contributed by atoms with Gasteiger partial charge in [0.15, 0.2) is 17.1 Å². The molecule has 2 aromatic heterocycles. The molecule has 0 bridgehead atoms. The summed E-state index contributed by atoms with van der Waals surface area (Å²) in [5.41, 5.74) is 3.89. The molecule has 0 atom stereocenters. The van der Waals surface area contributed by atoms with E-state index in [0.717, 1.165) is 23.0 Å². The average Bonchev–Trinajstić information content (AvgIpc) is 3.05. The molecular formula is C20H23N7O2. The molecule has 3 rings (SSSR count). The minimum atomic E-state index is 0.342. The third-order valence-corrected chi connectivity index (χ3v) is 4.38. The quantitative estimate of drug-likeness (QED) is 0.506. The molecule has 0 fully saturated rings. The lowest BCUT2D eigenvalue weighted by Crippen LogP contribution is -2.13. The van der Waals surface area contributed by atoms with Gasteiger partial charge in [-0.05, 0) is 43.2 Å². The van der Waals surface area contributed by atoms with Gasteiger partial charge in [-0.25, -0.2) is 4.98 Å². The van der Waals surface area contributed by atoms with Crippen LogP contribution >= 0.6 is 0 Å². The van der Waals surface area contributed by atoms with Crippen molar-refractivity contribution in [3.05, 3.63) is 41.4 Å². The highest BCUT2D eigenvalue weighted by Crippen LogP contribution is 2.35. The first-order valence-corrected chi connectivity index (χ1v) is 8.92. The van der Waals surface area contributed by atoms with Gasteiger partial charge in [-0.2, -0.15) is 14.6 Å². The molecule has 0 aliphatic rings. The number of aryl methyl sites for hydroxylation is 2. The Morgan fingerprint density at radius 1 is 1.14 bits per heavy atom. The number of hydrogen-bond acceptors (Lipinski definition) is 8. The molecule has 0 aliphatic carbocycles. The minimum Gasteiger partial charge on any atom is -0.493 e. The number of hydrogen-bond donors (Lipinski definition) is 3. The second-order valence-corrected chi connectivity index (χ2v) is 6.27. The summed E-state index contributed by atoms with van der Waals surface area (Å²) >= 11 is 0. The maximum absolute atomic E-state index is 7.44. The number of ether oxygens (including phenoxy) is 2. The summed E-state index contributed by atoms with van der Waals surface area (Å²) in [5, 5.41) is 22.4. The van der Waals surface area contributed by atoms with E-state index in [1.54, 1.807) is 24.8 Å². The molecule has 29 heavy (non-hydrogen) atoms. The largest absolute Gasteiger partial charge is 0.493 e. The lowest BCUT2D eigenvalue weighted by molar-refractivity contribution is 0.355. The fourth-order valence-electron chi connectivity index (χ4n) is 3.04. The number of benzene rings is 1. The Hall–Kier alpha value is -3.75. The van der Waals surface area contributed by atoms with Crippen molar-refractivity contribution in [2.45, 2.75) is 13.8 Å². The third-order valence-electron chi connectivity index (χ3n) is 4.38. The van der Waals surface area contributed by atoms with Gasteiger partial charge in [-0.1, -0.05) is 6.07 Å². The Morgan fingerprint density at radius 2 is 1.90 bits per heavy atom. The van der Waals surface area contributed by atoms with Crippen LogP contribution in [0, 0.1) is 24.7 Å². The van der Waals surface area contributed by atoms with Crippen LogP contribution in [0.15, 0.2) is 29.8 Å². The van der Waals surface area contributed by atoms with Crippen LogP contribution in [-0.4, -0.2) is 52.8 Å². The van der Waals surface area contributed by atoms with Crippen molar-refractivity contribution in [2.75, 3.05) is 26.1 Å². The van der Waals surface area contributed by atoms with Crippen LogP contribution in [0.5, 0.6) is 11.5 Å². The van der Waals surface area contributed by atoms with Gasteiger partial charge in [0.05, 0.1) is 19.9 Å². The Morgan fingerprint density at radius 3 is 2.55 bits per heavy atom. The summed E-state index contributed by atoms with van der Waals surface area (Å²) in [5.74, 6) is 2.38. The van der Waals surface area contributed by atoms with E-state index in [0.29, 0.717) is 41.0 Å². The topological polar surface area (TPSA) is 121 Å². The highest BCUT2D eigenvalue weighted by atomic mass is 16.5. The van der Waals surface area contributed by atoms with Crippen LogP contribution in [0.3, 0.4) is 0 Å². The van der Waals surface area contributed by atoms with E-state index in [1.165, 1.54) is 6.21 Å². The van der Waals surface area contributed by atoms with Crippen molar-refractivity contribution in [1.82, 2.24) is 19.6 Å². The van der Waals surface area contributed by atoms with E-state index in [1.807, 2.05) is 32.0 Å². The summed E-state index contributed by atoms with van der Waals surface area (Å²) in [4.78, 5) is 9.05. The van der Waals surface area contributed by atoms with Gasteiger partial charge in [-0.15, -0.1) is 0 Å². The standard InChI is InChI=1S/C20H23N7O2/c1-12-18(15-5-6-16(28-3)17(9-15)29-4)19-24-13(2)25-20(27(19)26-12)23-11-14(10-22)7-8-21/h5-10,21-22H,11H2,1-4H3,(H,23,24,25)/b14-7+,21-8?,22-10?. The van der Waals surface area contributed by atoms with Crippen molar-refractivity contribution in [3.63, 3.8) is 0 Å². The molecule has 0 aliphatic heterocycles. The van der Waals surface area contributed by atoms with E-state index in [-0.39, 0.29) is 0 Å². The minimum absolute atomic E-state index is 0.342. The van der Waals surface area contributed by atoms with Crippen LogP contribution in [0.2, 0.25) is 0 Å². The Bertz CT molecular complexity index is 1100. The van der Waals surface area contributed by atoms with Crippen LogP contribution in [0.1, 0.15) is 11.5 Å². The van der Waals surface area contributed by atoms with Crippen LogP contribution in [-0.2, 0) is 0 Å². The number of rotatable bonds is 8. The molecule has 2 heterocycles. The fraction of sp³-hybridized carbons (Fsp3) is 0.250. The molecular weight excluding hydrogens is 370 g/mol. The molecule has 9 nitrogen and oxygen atoms in total. The summed E-state index contributed by atoms with van der Waals surface area (Å²) in [7, 11) is 3.20. The molecule has 0 unspecified atom stereocenters. The van der Waals surface area contributed by atoms with Gasteiger partial charge >= 0.3 is 0 Å². The molecule has 150 valence electrons. The number of nitrogens with zero attached hydrogens (tertiary/aromatic N) is 4. The van der Waals surface area contributed by atoms with Crippen molar-refractivity contribution in [2.24, 2.45) is 0 Å². The molecule has 0 amide bonds. The molecule has 0 spiro atoms. The zero-order valence-electron chi connectivity index (χ0n) is 16.8. The molecule has 0 radical (unpaired) electrons. The maximum atomic E-state index is 7.44. The predicted molar refractivity (Wildman–Crippen MR) is 113 cm³/mol. The van der Waals surface area contributed by atoms with E-state index in [9.17, 15) is 0 Å². The van der Waals surface area contributed by atoms with Gasteiger partial charge in [0.25, 0.3) is 0 Å². The van der Waals surface area contributed by atoms with Gasteiger partial charge in [0.1, 0.15) is 5.82 Å². The fourth-order valence-corrected chi connectivity index (χ4v) is 3.04. The summed E-state index contributed by atoms with van der Waals surface area (Å²) in [6.07, 6.45) is 3.90. The zero-order valence-corrected chi connectivity index (χ0v) is 16.8. The van der Waals surface area contributed by atoms with Crippen molar-refractivity contribution >= 4 is 24.0 Å². The maximum Gasteiger partial charge on any atom is 0.227 e. The SMILES string of the molecule is COc1ccc(-c2c(C)nn3c(NC/C(C=N)=C/C=N)nc(C)nc23)cc1OC. The summed E-state index contributed by atoms with van der Waals surface area (Å²) < 4.78 is 12.4. The molecule has 0 saturated carbocycles. The van der Waals surface area contributed by atoms with Crippen molar-refractivity contribution in [1.29, 1.82) is 10.8 Å². The monoisotopic (exact) mass is 393 g/mol. The van der Waals surface area contributed by atoms with Crippen LogP contribution < -0.4 is 14.8 Å². The number of nitrogens with one attached hydrogen (secondary N) is 3. The first-order chi connectivity index (χ1) is 14.0. The van der Waals surface area contributed by atoms with Gasteiger partial charge in [0, 0.05) is 24.5 Å². The van der Waals surface area contributed by atoms with Gasteiger partial charge < -0.3 is 25.6 Å². The zero-order chi connectivity index (χ0) is 21.0. The van der Waals surface area contributed by atoms with Crippen LogP contribution in [0.25, 0.3) is 16.8 Å². The molecule has 1 aromatic carbocycles. The summed E-state index contributed by atoms with van der Waals surface area (Å²) in [6.45, 7) is 4.07. The number of anilines is 1. The Kier molecular flexibility index (Phi) is 5.87. The third kappa shape index (κ3) is 3.93. The second kappa shape index (κ2) is 8.51. The lowest BCUT2D eigenvalue weighted by atomic mass is 10.1. The predicted octanol–water partition coefficient (Wildman–Crippen LogP) is 3.06. The first-order valence-electron chi connectivity index (χ1n) is 8.92. The average molecular weight is 393 g/mol. The normalized spacial score (nSPS) is 11.4. The second-order valence-electron chi connectivity index (χ2n) is 6.27. The van der Waals surface area contributed by atoms with Gasteiger partial charge in [0.2, 0.25) is 5.95 Å². The van der Waals surface area contributed by atoms with E-state index < -0.39 is 0 Å². The Labute approximate surface area is 168 Å². The number of fused-ring (bicyclic) bond motifs is 1. The molecule has 9 heteroatoms. The number of aromatic nitrogens is 4. The number of allylic oxidation sites excluding steroid dienone is 1. The highest BCUT2D eigenvalue weighted by molar-refractivity contribution is 5.85. The smallest absolute Gasteiger partial charge is 0.227 e. The van der Waals surface area contributed by atoms with E-state index in [4.69, 9.17) is 20.3 Å². The first kappa shape index (κ1) is 20.0. The molecule has 3 N–H and O–H groups in total. The van der Waals surface area contributed by atoms with Crippen molar-refractivity contribution < 1.29 is 9.47 Å². The lowest BCUT2D eigenvalue weighted by Gasteiger charge is -2.10. The Balaban J connectivity index is 2.10. The van der Waals surface area contributed by atoms with E-state index >= 15 is 0 Å². The highest BCUT2D eigenvalue weighted by Gasteiger charge is 2.18. The molecule has 0 saturated heterocycles. The molecule has 3 aromatic rings. The van der Waals surface area contributed by atoms with Gasteiger partial charge in [-0.3, -0.25) is 0 Å².